The Hall–Kier alpha value is -4.89. The predicted molar refractivity (Wildman–Crippen MR) is 357 cm³/mol. The van der Waals surface area contributed by atoms with Gasteiger partial charge in [0.05, 0.1) is 26.4 Å². The normalized spacial score (nSPS) is 32.0. The molecule has 0 saturated carbocycles. The van der Waals surface area contributed by atoms with Crippen molar-refractivity contribution in [3.05, 3.63) is 142 Å². The van der Waals surface area contributed by atoms with Crippen LogP contribution in [0.4, 0.5) is 0 Å². The van der Waals surface area contributed by atoms with Crippen LogP contribution in [0.15, 0.2) is 97.1 Å². The average molecular weight is 1380 g/mol. The van der Waals surface area contributed by atoms with Crippen LogP contribution in [0, 0.1) is 0 Å². The van der Waals surface area contributed by atoms with E-state index in [4.69, 9.17) is 11.2 Å². The van der Waals surface area contributed by atoms with Crippen molar-refractivity contribution in [2.75, 3.05) is 82.8 Å². The lowest BCUT2D eigenvalue weighted by atomic mass is 9.95. The van der Waals surface area contributed by atoms with Gasteiger partial charge < -0.3 is 59.6 Å². The van der Waals surface area contributed by atoms with Crippen molar-refractivity contribution in [3.8, 4) is 0 Å². The number of hydrogen-bond acceptors (Lipinski definition) is 19. The molecule has 4 aromatic carbocycles. The summed E-state index contributed by atoms with van der Waals surface area (Å²) in [5.74, 6) is -1.83. The molecule has 8 amide bonds. The SMILES string of the molecule is CN1C(=O)[C@]2(Cc3ccc(/C=C/c4ccc(C[C@@]56SS[C@@](CO)(C(=O)N5C)N(C)C6=O)cc4)cc3)SS[C@@]1(CO)C(=O)N2C.CN1C(=O)[C@]2(Cc3ccc(CCc4ccc(C[C@]56C(=O)N(C)[C@](CO)(C(=O)N5C)S6=S=S)cc4)cc3)SS[C@@]1(CO)C(=O)N2C. The topological polar surface area (TPSA) is 243 Å². The largest absolute Gasteiger partial charge is 0.392 e. The number of amides is 8. The minimum atomic E-state index is -1.30. The zero-order valence-corrected chi connectivity index (χ0v) is 57.1. The van der Waals surface area contributed by atoms with Crippen LogP contribution in [0.1, 0.15) is 44.5 Å². The van der Waals surface area contributed by atoms with Gasteiger partial charge in [0.1, 0.15) is 0 Å². The standard InChI is InChI=1S/C30H34N4O6S5.C30H32N4O6S4/c1-31-24(38)28(17-35)32(2)23(37)27(31,42-43-28)15-21-11-7-19(8-12-21)5-6-20-9-13-22(14-10-20)16-29-25(39)34(4)30(18-36,45(29)44-41)26(40)33(29)3;1-31-25(39)29(17-35)33(3)23(37)27(31,41-43-29)15-21-11-7-19(8-12-21)5-6-20-9-13-22(14-10-20)16-28-24(38)34(4)30(18-36,44-42-28)26(40)32(28)2/h7-14,35-36H,5-6,15-18H2,1-4H3;5-14,35-36H,15-18H2,1-4H3/b;6-5+/t27-,28-,29-,30-,45?;27-,28-,29-,30-/m00/s1. The average Bonchev–Trinajstić information content (AvgIpc) is 1.60. The van der Waals surface area contributed by atoms with Gasteiger partial charge in [-0.15, -0.1) is 0 Å². The molecule has 4 aromatic rings. The minimum absolute atomic E-state index is 0.184. The summed E-state index contributed by atoms with van der Waals surface area (Å²) in [7, 11) is 20.8. The molecule has 0 spiro atoms. The van der Waals surface area contributed by atoms with Crippen LogP contribution in [0.5, 0.6) is 0 Å². The summed E-state index contributed by atoms with van der Waals surface area (Å²) in [4.78, 5) is 108. The third kappa shape index (κ3) is 9.48. The van der Waals surface area contributed by atoms with Crippen LogP contribution >= 0.6 is 64.8 Å². The Balaban J connectivity index is 0.000000184. The van der Waals surface area contributed by atoms with Gasteiger partial charge in [-0.2, -0.15) is 0 Å². The van der Waals surface area contributed by atoms with Gasteiger partial charge in [0.2, 0.25) is 14.6 Å². The van der Waals surface area contributed by atoms with Crippen molar-refractivity contribution in [1.29, 1.82) is 0 Å². The maximum Gasteiger partial charge on any atom is 0.263 e. The molecule has 0 aromatic heterocycles. The zero-order valence-electron chi connectivity index (χ0n) is 49.8. The van der Waals surface area contributed by atoms with Gasteiger partial charge in [-0.1, -0.05) is 142 Å². The molecular weight excluding hydrogens is 1310 g/mol. The Kier molecular flexibility index (Phi) is 17.6. The molecule has 0 aliphatic carbocycles. The number of benzene rings is 4. The number of hydrogen-bond donors (Lipinski definition) is 4. The van der Waals surface area contributed by atoms with E-state index < -0.39 is 74.8 Å². The molecule has 15 rings (SSSR count). The molecule has 1 unspecified atom stereocenters. The van der Waals surface area contributed by atoms with Gasteiger partial charge in [0, 0.05) is 82.1 Å². The van der Waals surface area contributed by atoms with Gasteiger partial charge >= 0.3 is 0 Å². The third-order valence-corrected chi connectivity index (χ3v) is 35.8. The van der Waals surface area contributed by atoms with Crippen LogP contribution in [0.25, 0.3) is 12.2 Å². The van der Waals surface area contributed by atoms with Gasteiger partial charge in [0.25, 0.3) is 47.3 Å². The third-order valence-electron chi connectivity index (χ3n) is 18.9. The maximum atomic E-state index is 13.5. The predicted octanol–water partition coefficient (Wildman–Crippen LogP) is 3.04. The van der Waals surface area contributed by atoms with Crippen LogP contribution in [0.3, 0.4) is 0 Å². The van der Waals surface area contributed by atoms with Crippen molar-refractivity contribution >= 4 is 154 Å². The Morgan fingerprint density at radius 1 is 0.348 bits per heavy atom. The Bertz CT molecular complexity index is 3610. The van der Waals surface area contributed by atoms with Gasteiger partial charge in [-0.05, 0) is 119 Å². The zero-order chi connectivity index (χ0) is 64.2. The number of aryl methyl sites for hydroxylation is 2. The first kappa shape index (κ1) is 65.6. The van der Waals surface area contributed by atoms with Crippen molar-refractivity contribution in [1.82, 2.24) is 39.2 Å². The minimum Gasteiger partial charge on any atom is -0.392 e. The van der Waals surface area contributed by atoms with E-state index in [1.165, 1.54) is 104 Å². The van der Waals surface area contributed by atoms with E-state index in [-0.39, 0.29) is 47.3 Å². The highest BCUT2D eigenvalue weighted by atomic mass is 33.1. The first-order chi connectivity index (χ1) is 42.3. The number of fused-ring (bicyclic) bond motifs is 11. The number of piperazine rings is 4. The molecule has 9 atom stereocenters. The fraction of sp³-hybridized carbons (Fsp3) is 0.433. The van der Waals surface area contributed by atoms with Gasteiger partial charge in [0.15, 0.2) is 24.4 Å². The van der Waals surface area contributed by atoms with E-state index in [9.17, 15) is 58.8 Å². The summed E-state index contributed by atoms with van der Waals surface area (Å²) in [6, 6.07) is 31.9. The molecule has 11 saturated heterocycles. The summed E-state index contributed by atoms with van der Waals surface area (Å²) in [6.45, 7) is -1.75. The van der Waals surface area contributed by atoms with Crippen molar-refractivity contribution in [2.24, 2.45) is 0 Å². The molecular formula is C60H66N8O12S9. The summed E-state index contributed by atoms with van der Waals surface area (Å²) < 4.78 is 0. The monoisotopic (exact) mass is 1380 g/mol. The summed E-state index contributed by atoms with van der Waals surface area (Å²) >= 11 is 5.35. The molecule has 11 aliphatic heterocycles. The first-order valence-corrected chi connectivity index (χ1v) is 38.1. The van der Waals surface area contributed by atoms with Crippen LogP contribution in [-0.2, 0) is 106 Å². The van der Waals surface area contributed by atoms with Crippen LogP contribution in [-0.4, -0.2) is 229 Å². The number of carbonyl (C=O) groups excluding carboxylic acids is 8. The van der Waals surface area contributed by atoms with Crippen molar-refractivity contribution in [3.63, 3.8) is 0 Å². The first-order valence-electron chi connectivity index (χ1n) is 28.2. The molecule has 0 radical (unpaired) electrons. The molecule has 4 N–H and O–H groups in total. The van der Waals surface area contributed by atoms with E-state index in [1.54, 1.807) is 56.4 Å². The number of carbonyl (C=O) groups is 8. The highest BCUT2D eigenvalue weighted by Crippen LogP contribution is 2.62. The van der Waals surface area contributed by atoms with Crippen molar-refractivity contribution in [2.45, 2.75) is 77.5 Å². The highest BCUT2D eigenvalue weighted by molar-refractivity contribution is 8.79. The molecule has 8 bridgehead atoms. The molecule has 89 heavy (non-hydrogen) atoms. The Labute approximate surface area is 549 Å². The lowest BCUT2D eigenvalue weighted by molar-refractivity contribution is -0.165. The Morgan fingerprint density at radius 2 is 0.596 bits per heavy atom. The fourth-order valence-corrected chi connectivity index (χ4v) is 30.3. The number of rotatable bonds is 17. The molecule has 20 nitrogen and oxygen atoms in total. The van der Waals surface area contributed by atoms with Crippen LogP contribution in [0.2, 0.25) is 0 Å². The fourth-order valence-electron chi connectivity index (χ4n) is 12.8. The van der Waals surface area contributed by atoms with E-state index in [1.807, 2.05) is 109 Å². The van der Waals surface area contributed by atoms with Crippen molar-refractivity contribution < 1.29 is 58.8 Å². The summed E-state index contributed by atoms with van der Waals surface area (Å²) in [5.41, 5.74) is 7.90. The second kappa shape index (κ2) is 23.9. The maximum absolute atomic E-state index is 13.5. The second-order valence-corrected chi connectivity index (χ2v) is 36.0. The number of likely N-dealkylation sites (N-methyl/N-ethyl adjacent to an activating group) is 8. The Morgan fingerprint density at radius 3 is 0.899 bits per heavy atom. The number of nitrogens with zero attached hydrogens (tertiary/aromatic N) is 8. The highest BCUT2D eigenvalue weighted by Gasteiger charge is 2.76. The lowest BCUT2D eigenvalue weighted by Gasteiger charge is -2.58. The molecule has 11 aliphatic rings. The quantitative estimate of drug-likeness (QED) is 0.0877. The van der Waals surface area contributed by atoms with E-state index in [2.05, 4.69) is 0 Å². The number of aliphatic hydroxyl groups excluding tert-OH is 4. The van der Waals surface area contributed by atoms with Gasteiger partial charge in [-0.3, -0.25) is 38.4 Å². The summed E-state index contributed by atoms with van der Waals surface area (Å²) in [6.07, 6.45) is 6.96. The summed E-state index contributed by atoms with van der Waals surface area (Å²) in [5, 5.41) is 40.0. The molecule has 472 valence electrons. The van der Waals surface area contributed by atoms with E-state index in [0.29, 0.717) is 25.7 Å². The van der Waals surface area contributed by atoms with Gasteiger partial charge in [-0.25, -0.2) is 0 Å². The van der Waals surface area contributed by atoms with Crippen LogP contribution < -0.4 is 0 Å². The van der Waals surface area contributed by atoms with E-state index >= 15 is 0 Å². The number of aliphatic hydroxyl groups is 4. The smallest absolute Gasteiger partial charge is 0.263 e. The van der Waals surface area contributed by atoms with E-state index in [0.717, 1.165) is 66.2 Å². The second-order valence-electron chi connectivity index (χ2n) is 23.3. The lowest BCUT2D eigenvalue weighted by Crippen LogP contribution is -2.77. The molecule has 29 heteroatoms. The molecule has 11 fully saturated rings. The molecule has 11 heterocycles.